The van der Waals surface area contributed by atoms with Crippen LogP contribution in [0.1, 0.15) is 26.2 Å². The third-order valence-corrected chi connectivity index (χ3v) is 2.73. The molecule has 0 aromatic heterocycles. The van der Waals surface area contributed by atoms with E-state index in [-0.39, 0.29) is 5.41 Å². The summed E-state index contributed by atoms with van der Waals surface area (Å²) in [4.78, 5) is 10.9. The first-order chi connectivity index (χ1) is 6.58. The SMILES string of the molecule is COC(=O)NC(O)C1(C)CC=CCC1. The number of aliphatic hydroxyl groups excluding tert-OH is 1. The lowest BCUT2D eigenvalue weighted by Crippen LogP contribution is -2.46. The summed E-state index contributed by atoms with van der Waals surface area (Å²) in [5.41, 5.74) is -0.275. The molecule has 0 fully saturated rings. The van der Waals surface area contributed by atoms with E-state index in [1.54, 1.807) is 0 Å². The Labute approximate surface area is 83.9 Å². The first-order valence-electron chi connectivity index (χ1n) is 4.76. The van der Waals surface area contributed by atoms with E-state index in [4.69, 9.17) is 0 Å². The highest BCUT2D eigenvalue weighted by Gasteiger charge is 2.33. The highest BCUT2D eigenvalue weighted by molar-refractivity contribution is 5.67. The molecule has 1 rings (SSSR count). The lowest BCUT2D eigenvalue weighted by Gasteiger charge is -2.35. The Hall–Kier alpha value is -1.03. The fourth-order valence-corrected chi connectivity index (χ4v) is 1.58. The topological polar surface area (TPSA) is 58.6 Å². The summed E-state index contributed by atoms with van der Waals surface area (Å²) in [6.07, 6.45) is 5.27. The Kier molecular flexibility index (Phi) is 3.52. The number of nitrogens with one attached hydrogen (secondary N) is 1. The number of carbonyl (C=O) groups is 1. The van der Waals surface area contributed by atoms with Gasteiger partial charge in [0.2, 0.25) is 0 Å². The van der Waals surface area contributed by atoms with Crippen LogP contribution >= 0.6 is 0 Å². The van der Waals surface area contributed by atoms with Gasteiger partial charge in [0.25, 0.3) is 0 Å². The molecular weight excluding hydrogens is 182 g/mol. The number of aliphatic hydroxyl groups is 1. The Bertz CT molecular complexity index is 240. The molecular formula is C10H17NO3. The molecule has 4 heteroatoms. The molecule has 0 bridgehead atoms. The van der Waals surface area contributed by atoms with E-state index in [0.717, 1.165) is 19.3 Å². The lowest BCUT2D eigenvalue weighted by molar-refractivity contribution is 0.00504. The molecule has 0 saturated heterocycles. The molecule has 0 heterocycles. The van der Waals surface area contributed by atoms with Gasteiger partial charge in [0.05, 0.1) is 7.11 Å². The third kappa shape index (κ3) is 2.48. The van der Waals surface area contributed by atoms with Crippen molar-refractivity contribution in [2.45, 2.75) is 32.4 Å². The van der Waals surface area contributed by atoms with E-state index in [9.17, 15) is 9.90 Å². The third-order valence-electron chi connectivity index (χ3n) is 2.73. The number of rotatable bonds is 2. The van der Waals surface area contributed by atoms with E-state index in [2.05, 4.69) is 16.1 Å². The summed E-state index contributed by atoms with van der Waals surface area (Å²) in [6, 6.07) is 0. The van der Waals surface area contributed by atoms with Gasteiger partial charge < -0.3 is 9.84 Å². The zero-order chi connectivity index (χ0) is 10.6. The van der Waals surface area contributed by atoms with Gasteiger partial charge in [-0.15, -0.1) is 0 Å². The average Bonchev–Trinajstić information content (AvgIpc) is 2.18. The van der Waals surface area contributed by atoms with Crippen LogP contribution in [0.25, 0.3) is 0 Å². The summed E-state index contributed by atoms with van der Waals surface area (Å²) in [5, 5.41) is 12.2. The van der Waals surface area contributed by atoms with Gasteiger partial charge >= 0.3 is 6.09 Å². The molecule has 0 aromatic carbocycles. The van der Waals surface area contributed by atoms with E-state index in [0.29, 0.717) is 0 Å². The van der Waals surface area contributed by atoms with E-state index >= 15 is 0 Å². The van der Waals surface area contributed by atoms with Crippen molar-refractivity contribution in [1.82, 2.24) is 5.32 Å². The van der Waals surface area contributed by atoms with Crippen molar-refractivity contribution in [2.75, 3.05) is 7.11 Å². The maximum atomic E-state index is 10.9. The molecule has 0 aliphatic heterocycles. The molecule has 4 nitrogen and oxygen atoms in total. The molecule has 0 radical (unpaired) electrons. The van der Waals surface area contributed by atoms with Crippen LogP contribution in [0.15, 0.2) is 12.2 Å². The maximum absolute atomic E-state index is 10.9. The number of amides is 1. The molecule has 1 amide bonds. The Balaban J connectivity index is 2.53. The van der Waals surface area contributed by atoms with Crippen LogP contribution < -0.4 is 5.32 Å². The van der Waals surface area contributed by atoms with Crippen molar-refractivity contribution in [3.63, 3.8) is 0 Å². The van der Waals surface area contributed by atoms with Crippen LogP contribution in [-0.4, -0.2) is 24.5 Å². The van der Waals surface area contributed by atoms with E-state index in [1.165, 1.54) is 7.11 Å². The smallest absolute Gasteiger partial charge is 0.408 e. The quantitative estimate of drug-likeness (QED) is 0.522. The van der Waals surface area contributed by atoms with Gasteiger partial charge in [0, 0.05) is 5.41 Å². The van der Waals surface area contributed by atoms with Crippen molar-refractivity contribution < 1.29 is 14.6 Å². The molecule has 0 aromatic rings. The molecule has 0 spiro atoms. The van der Waals surface area contributed by atoms with Crippen LogP contribution in [0.4, 0.5) is 4.79 Å². The van der Waals surface area contributed by atoms with E-state index < -0.39 is 12.3 Å². The molecule has 2 N–H and O–H groups in total. The fourth-order valence-electron chi connectivity index (χ4n) is 1.58. The van der Waals surface area contributed by atoms with Gasteiger partial charge in [0.1, 0.15) is 6.23 Å². The van der Waals surface area contributed by atoms with Crippen molar-refractivity contribution in [3.8, 4) is 0 Å². The highest BCUT2D eigenvalue weighted by atomic mass is 16.5. The van der Waals surface area contributed by atoms with Gasteiger partial charge in [-0.1, -0.05) is 19.1 Å². The number of allylic oxidation sites excluding steroid dienone is 2. The minimum Gasteiger partial charge on any atom is -0.453 e. The predicted molar refractivity (Wildman–Crippen MR) is 52.6 cm³/mol. The standard InChI is InChI=1S/C10H17NO3/c1-10(6-4-3-5-7-10)8(12)11-9(13)14-2/h3-4,8,12H,5-7H2,1-2H3,(H,11,13). The lowest BCUT2D eigenvalue weighted by atomic mass is 9.77. The molecule has 80 valence electrons. The molecule has 2 unspecified atom stereocenters. The second-order valence-corrected chi connectivity index (χ2v) is 3.91. The van der Waals surface area contributed by atoms with Crippen LogP contribution in [0, 0.1) is 5.41 Å². The van der Waals surface area contributed by atoms with Gasteiger partial charge in [-0.3, -0.25) is 5.32 Å². The first kappa shape index (κ1) is 11.0. The maximum Gasteiger partial charge on any atom is 0.408 e. The van der Waals surface area contributed by atoms with Gasteiger partial charge in [0.15, 0.2) is 0 Å². The number of carbonyl (C=O) groups excluding carboxylic acids is 1. The number of hydrogen-bond acceptors (Lipinski definition) is 3. The second kappa shape index (κ2) is 4.46. The molecule has 14 heavy (non-hydrogen) atoms. The monoisotopic (exact) mass is 199 g/mol. The van der Waals surface area contributed by atoms with Gasteiger partial charge in [-0.2, -0.15) is 0 Å². The van der Waals surface area contributed by atoms with Gasteiger partial charge in [-0.25, -0.2) is 4.79 Å². The normalized spacial score (nSPS) is 28.2. The average molecular weight is 199 g/mol. The van der Waals surface area contributed by atoms with Crippen molar-refractivity contribution in [2.24, 2.45) is 5.41 Å². The largest absolute Gasteiger partial charge is 0.453 e. The van der Waals surface area contributed by atoms with Gasteiger partial charge in [-0.05, 0) is 19.3 Å². The fraction of sp³-hybridized carbons (Fsp3) is 0.700. The zero-order valence-corrected chi connectivity index (χ0v) is 8.62. The minimum absolute atomic E-state index is 0.275. The second-order valence-electron chi connectivity index (χ2n) is 3.91. The number of hydrogen-bond donors (Lipinski definition) is 2. The highest BCUT2D eigenvalue weighted by Crippen LogP contribution is 2.34. The Morgan fingerprint density at radius 2 is 2.36 bits per heavy atom. The molecule has 2 atom stereocenters. The summed E-state index contributed by atoms with van der Waals surface area (Å²) in [6.45, 7) is 1.96. The molecule has 1 aliphatic carbocycles. The zero-order valence-electron chi connectivity index (χ0n) is 8.62. The number of ether oxygens (including phenoxy) is 1. The van der Waals surface area contributed by atoms with Crippen molar-refractivity contribution in [1.29, 1.82) is 0 Å². The number of methoxy groups -OCH3 is 1. The van der Waals surface area contributed by atoms with Crippen LogP contribution in [0.5, 0.6) is 0 Å². The summed E-state index contributed by atoms with van der Waals surface area (Å²) in [7, 11) is 1.28. The molecule has 0 saturated carbocycles. The summed E-state index contributed by atoms with van der Waals surface area (Å²) >= 11 is 0. The molecule has 1 aliphatic rings. The number of alkyl carbamates (subject to hydrolysis) is 1. The van der Waals surface area contributed by atoms with Crippen LogP contribution in [0.3, 0.4) is 0 Å². The van der Waals surface area contributed by atoms with Crippen molar-refractivity contribution >= 4 is 6.09 Å². The first-order valence-corrected chi connectivity index (χ1v) is 4.76. The Morgan fingerprint density at radius 1 is 1.64 bits per heavy atom. The minimum atomic E-state index is -0.847. The van der Waals surface area contributed by atoms with E-state index in [1.807, 2.05) is 13.0 Å². The summed E-state index contributed by atoms with van der Waals surface area (Å²) < 4.78 is 4.43. The van der Waals surface area contributed by atoms with Crippen LogP contribution in [-0.2, 0) is 4.74 Å². The Morgan fingerprint density at radius 3 is 2.86 bits per heavy atom. The predicted octanol–water partition coefficient (Wildman–Crippen LogP) is 1.41. The van der Waals surface area contributed by atoms with Crippen LogP contribution in [0.2, 0.25) is 0 Å². The summed E-state index contributed by atoms with van der Waals surface area (Å²) in [5.74, 6) is 0. The van der Waals surface area contributed by atoms with Crippen molar-refractivity contribution in [3.05, 3.63) is 12.2 Å².